The van der Waals surface area contributed by atoms with Gasteiger partial charge in [-0.3, -0.25) is 4.79 Å². The molecule has 0 spiro atoms. The molecule has 0 aliphatic carbocycles. The quantitative estimate of drug-likeness (QED) is 0.464. The van der Waals surface area contributed by atoms with Crippen LogP contribution in [-0.2, 0) is 26.2 Å². The van der Waals surface area contributed by atoms with Crippen molar-refractivity contribution in [1.82, 2.24) is 0 Å². The second-order valence-corrected chi connectivity index (χ2v) is 4.36. The van der Waals surface area contributed by atoms with E-state index in [0.717, 1.165) is 0 Å². The molecule has 74 valence electrons. The number of aliphatic hydroxyl groups is 1. The largest absolute Gasteiger partial charge is 0.511 e. The smallest absolute Gasteiger partial charge is 0.322 e. The number of allylic oxidation sites excluding steroid dienone is 2. The number of carbonyl (C=O) groups excluding carboxylic acids is 1. The molecule has 0 heterocycles. The van der Waals surface area contributed by atoms with E-state index in [4.69, 9.17) is 0 Å². The Bertz CT molecular complexity index is 199. The third-order valence-electron chi connectivity index (χ3n) is 1.64. The van der Waals surface area contributed by atoms with Crippen molar-refractivity contribution >= 4 is 5.78 Å². The van der Waals surface area contributed by atoms with E-state index in [1.165, 1.54) is 6.08 Å². The third kappa shape index (κ3) is 6.20. The van der Waals surface area contributed by atoms with E-state index < -0.39 is 0 Å². The van der Waals surface area contributed by atoms with Crippen molar-refractivity contribution in [3.63, 3.8) is 0 Å². The van der Waals surface area contributed by atoms with Crippen LogP contribution in [0.3, 0.4) is 0 Å². The monoisotopic (exact) mass is 261 g/mol. The summed E-state index contributed by atoms with van der Waals surface area (Å²) in [7, 11) is 0. The van der Waals surface area contributed by atoms with Crippen molar-refractivity contribution in [1.29, 1.82) is 0 Å². The van der Waals surface area contributed by atoms with Gasteiger partial charge in [0, 0.05) is 31.6 Å². The van der Waals surface area contributed by atoms with Crippen LogP contribution in [-0.4, -0.2) is 15.7 Å². The molecule has 0 saturated carbocycles. The molecule has 0 rings (SSSR count). The van der Waals surface area contributed by atoms with Crippen molar-refractivity contribution in [2.75, 3.05) is 0 Å². The molecular formula is C10H19O2Zr+. The maximum atomic E-state index is 9.49. The Hall–Kier alpha value is 0.0931. The summed E-state index contributed by atoms with van der Waals surface area (Å²) in [6.07, 6.45) is 1.44. The summed E-state index contributed by atoms with van der Waals surface area (Å²) in [6.45, 7) is 9.44. The van der Waals surface area contributed by atoms with Crippen LogP contribution in [0.2, 0.25) is 0 Å². The van der Waals surface area contributed by atoms with Crippen LogP contribution in [0, 0.1) is 11.3 Å². The zero-order valence-corrected chi connectivity index (χ0v) is 11.5. The number of hydrogen-bond donors (Lipinski definition) is 1. The molecule has 0 bridgehead atoms. The molecular weight excluding hydrogens is 243 g/mol. The Morgan fingerprint density at radius 3 is 1.92 bits per heavy atom. The first-order valence-corrected chi connectivity index (χ1v) is 4.22. The molecule has 13 heavy (non-hydrogen) atoms. The molecule has 3 heteroatoms. The average Bonchev–Trinajstić information content (AvgIpc) is 1.85. The molecule has 0 amide bonds. The van der Waals surface area contributed by atoms with Crippen molar-refractivity contribution in [2.24, 2.45) is 11.3 Å². The van der Waals surface area contributed by atoms with Crippen molar-refractivity contribution in [3.8, 4) is 0 Å². The predicted octanol–water partition coefficient (Wildman–Crippen LogP) is 2.67. The zero-order chi connectivity index (χ0) is 9.94. The fourth-order valence-electron chi connectivity index (χ4n) is 0.523. The average molecular weight is 262 g/mol. The zero-order valence-electron chi connectivity index (χ0n) is 9.05. The normalized spacial score (nSPS) is 12.6. The van der Waals surface area contributed by atoms with Gasteiger partial charge in [0.1, 0.15) is 5.76 Å². The second-order valence-electron chi connectivity index (χ2n) is 4.36. The summed E-state index contributed by atoms with van der Waals surface area (Å²) < 4.78 is 0. The first kappa shape index (κ1) is 15.6. The molecule has 0 aliphatic heterocycles. The molecule has 0 aromatic rings. The van der Waals surface area contributed by atoms with Crippen molar-refractivity contribution < 1.29 is 36.1 Å². The van der Waals surface area contributed by atoms with Gasteiger partial charge in [-0.05, 0) is 0 Å². The summed E-state index contributed by atoms with van der Waals surface area (Å²) in [4.78, 5) is 9.34. The summed E-state index contributed by atoms with van der Waals surface area (Å²) in [6, 6.07) is 0. The summed E-state index contributed by atoms with van der Waals surface area (Å²) in [5.74, 6) is 0.505. The third-order valence-corrected chi connectivity index (χ3v) is 1.64. The fraction of sp³-hybridized carbons (Fsp3) is 0.700. The van der Waals surface area contributed by atoms with E-state index in [9.17, 15) is 9.90 Å². The van der Waals surface area contributed by atoms with Crippen molar-refractivity contribution in [2.45, 2.75) is 34.6 Å². The van der Waals surface area contributed by atoms with Gasteiger partial charge in [-0.1, -0.05) is 34.6 Å². The molecule has 0 atom stereocenters. The van der Waals surface area contributed by atoms with E-state index in [1.807, 2.05) is 34.6 Å². The van der Waals surface area contributed by atoms with Gasteiger partial charge in [0.05, 0.1) is 12.0 Å². The van der Waals surface area contributed by atoms with Crippen LogP contribution in [0.1, 0.15) is 34.6 Å². The van der Waals surface area contributed by atoms with Gasteiger partial charge >= 0.3 is 5.78 Å². The summed E-state index contributed by atoms with van der Waals surface area (Å²) >= 11 is 0. The van der Waals surface area contributed by atoms with Gasteiger partial charge in [0.25, 0.3) is 0 Å². The number of rotatable bonds is 2. The maximum absolute atomic E-state index is 9.49. The minimum absolute atomic E-state index is 0. The van der Waals surface area contributed by atoms with Crippen LogP contribution in [0.4, 0.5) is 0 Å². The van der Waals surface area contributed by atoms with Crippen LogP contribution in [0.25, 0.3) is 0 Å². The van der Waals surface area contributed by atoms with Crippen LogP contribution < -0.4 is 0 Å². The molecule has 2 N–H and O–H groups in total. The van der Waals surface area contributed by atoms with Gasteiger partial charge < -0.3 is 5.11 Å². The minimum Gasteiger partial charge on any atom is -0.511 e. The first-order chi connectivity index (χ1) is 5.25. The van der Waals surface area contributed by atoms with Crippen LogP contribution >= 0.6 is 0 Å². The maximum Gasteiger partial charge on any atom is 0.322 e. The molecule has 2 nitrogen and oxygen atoms in total. The summed E-state index contributed by atoms with van der Waals surface area (Å²) in [5.41, 5.74) is -0.289. The van der Waals surface area contributed by atoms with Crippen LogP contribution in [0.15, 0.2) is 11.8 Å². The Morgan fingerprint density at radius 2 is 1.69 bits per heavy atom. The molecule has 0 unspecified atom stereocenters. The van der Waals surface area contributed by atoms with Gasteiger partial charge in [0.2, 0.25) is 0 Å². The van der Waals surface area contributed by atoms with E-state index in [-0.39, 0.29) is 49.1 Å². The second kappa shape index (κ2) is 5.75. The Kier molecular flexibility index (Phi) is 6.88. The van der Waals surface area contributed by atoms with E-state index in [0.29, 0.717) is 0 Å². The standard InChI is InChI=1S/C10H18O2.Zr/c1-7(2)8(11)6-9(12)10(3,4)5;/h6-7,12H,1-5H3;/p+1. The molecule has 0 fully saturated rings. The van der Waals surface area contributed by atoms with E-state index in [2.05, 4.69) is 0 Å². The Balaban J connectivity index is 0. The van der Waals surface area contributed by atoms with Gasteiger partial charge in [-0.25, -0.2) is 0 Å². The SMILES string of the molecule is CC(C)C(=[OH+])C=C(O)C(C)(C)C.[Zr]. The van der Waals surface area contributed by atoms with Gasteiger partial charge in [-0.15, -0.1) is 0 Å². The fourth-order valence-corrected chi connectivity index (χ4v) is 0.523. The molecule has 0 saturated heterocycles. The number of hydrogen-bond acceptors (Lipinski definition) is 1. The van der Waals surface area contributed by atoms with Gasteiger partial charge in [-0.2, -0.15) is 0 Å². The first-order valence-electron chi connectivity index (χ1n) is 4.22. The number of ketones is 1. The molecule has 0 aromatic heterocycles. The molecule has 0 aromatic carbocycles. The minimum atomic E-state index is -0.289. The molecule has 0 radical (unpaired) electrons. The molecule has 0 aliphatic rings. The van der Waals surface area contributed by atoms with Crippen molar-refractivity contribution in [3.05, 3.63) is 11.8 Å². The topological polar surface area (TPSA) is 41.6 Å². The number of aliphatic hydroxyl groups excluding tert-OH is 1. The summed E-state index contributed by atoms with van der Waals surface area (Å²) in [5, 5.41) is 9.49. The predicted molar refractivity (Wildman–Crippen MR) is 51.9 cm³/mol. The van der Waals surface area contributed by atoms with E-state index >= 15 is 0 Å². The Morgan fingerprint density at radius 1 is 1.31 bits per heavy atom. The Labute approximate surface area is 99.5 Å². The van der Waals surface area contributed by atoms with Crippen LogP contribution in [0.5, 0.6) is 0 Å². The van der Waals surface area contributed by atoms with Gasteiger partial charge in [0.15, 0.2) is 0 Å². The van der Waals surface area contributed by atoms with E-state index in [1.54, 1.807) is 0 Å².